The van der Waals surface area contributed by atoms with Gasteiger partial charge in [0.25, 0.3) is 0 Å². The van der Waals surface area contributed by atoms with Crippen LogP contribution in [0.3, 0.4) is 0 Å². The average Bonchev–Trinajstić information content (AvgIpc) is 3.10. The summed E-state index contributed by atoms with van der Waals surface area (Å²) in [5.41, 5.74) is 30.4. The third-order valence-electron chi connectivity index (χ3n) is 7.05. The van der Waals surface area contributed by atoms with Crippen molar-refractivity contribution in [3.63, 3.8) is 0 Å². The minimum Gasteiger partial charge on any atom is -0.676 e. The van der Waals surface area contributed by atoms with E-state index in [1.54, 1.807) is 0 Å². The van der Waals surface area contributed by atoms with E-state index in [0.29, 0.717) is 6.42 Å². The maximum absolute atomic E-state index is 10.9. The minimum absolute atomic E-state index is 0. The van der Waals surface area contributed by atoms with Crippen LogP contribution in [0.15, 0.2) is 30.3 Å². The van der Waals surface area contributed by atoms with Gasteiger partial charge in [-0.15, -0.1) is 0 Å². The molecular weight excluding hydrogens is 1120 g/mol. The Morgan fingerprint density at radius 3 is 1.12 bits per heavy atom. The Labute approximate surface area is 361 Å². The van der Waals surface area contributed by atoms with Crippen LogP contribution in [-0.4, -0.2) is 114 Å². The maximum atomic E-state index is 10.9. The number of carboxylic acids is 7. The van der Waals surface area contributed by atoms with E-state index in [1.807, 2.05) is 30.3 Å². The van der Waals surface area contributed by atoms with Crippen molar-refractivity contribution in [3.05, 3.63) is 66.3 Å². The zero-order valence-corrected chi connectivity index (χ0v) is 36.1. The Kier molecular flexibility index (Phi) is 47.7. The zero-order chi connectivity index (χ0) is 42.1. The van der Waals surface area contributed by atoms with E-state index < -0.39 is 41.8 Å². The molecule has 0 aliphatic heterocycles. The first-order valence-corrected chi connectivity index (χ1v) is 16.9. The summed E-state index contributed by atoms with van der Waals surface area (Å²) in [5, 5.41) is 56.9. The SMILES string of the molecule is O=C(O)C(=O)O.O=C(O)C(=O)O.O=C(O)CCCNC(=O)CCC(=O)O.O=C(O)CCCc1ccccc1.[CH3-].[NH-]C1CCCCC1[NH-].[NH-]C1CCCCC1[NH-].[Pt+2].[Pt]. The minimum atomic E-state index is -1.82. The number of carbonyl (C=O) groups is 8. The normalized spacial score (nSPS) is 17.1. The van der Waals surface area contributed by atoms with Crippen LogP contribution in [0.2, 0.25) is 0 Å². The number of aryl methyl sites for hydroxylation is 1. The fourth-order valence-electron chi connectivity index (χ4n) is 4.13. The average molecular weight is 1180 g/mol. The van der Waals surface area contributed by atoms with Crippen molar-refractivity contribution in [1.82, 2.24) is 5.32 Å². The topological polar surface area (TPSA) is 385 Å². The van der Waals surface area contributed by atoms with Gasteiger partial charge in [0.1, 0.15) is 0 Å². The molecule has 4 atom stereocenters. The van der Waals surface area contributed by atoms with Crippen LogP contribution >= 0.6 is 0 Å². The Balaban J connectivity index is -0.000000139. The number of rotatable bonds is 11. The predicted molar refractivity (Wildman–Crippen MR) is 200 cm³/mol. The third kappa shape index (κ3) is 48.3. The molecule has 0 heterocycles. The molecule has 334 valence electrons. The molecule has 0 radical (unpaired) electrons. The first-order chi connectivity index (χ1) is 25.2. The van der Waals surface area contributed by atoms with Crippen molar-refractivity contribution in [3.8, 4) is 0 Å². The van der Waals surface area contributed by atoms with E-state index in [0.717, 1.165) is 38.5 Å². The number of nitrogens with one attached hydrogen (secondary N) is 5. The molecule has 1 aromatic carbocycles. The molecule has 22 heteroatoms. The van der Waals surface area contributed by atoms with Crippen LogP contribution in [0, 0.1) is 7.43 Å². The van der Waals surface area contributed by atoms with E-state index in [2.05, 4.69) is 5.32 Å². The summed E-state index contributed by atoms with van der Waals surface area (Å²) in [6, 6.07) is 9.61. The molecule has 2 saturated carbocycles. The maximum Gasteiger partial charge on any atom is 2.00 e. The molecule has 2 aliphatic rings. The van der Waals surface area contributed by atoms with Crippen molar-refractivity contribution in [2.75, 3.05) is 6.54 Å². The quantitative estimate of drug-likeness (QED) is 0.0772. The number of hydrogen-bond acceptors (Lipinski definition) is 8. The van der Waals surface area contributed by atoms with Crippen LogP contribution in [0.25, 0.3) is 22.9 Å². The van der Waals surface area contributed by atoms with E-state index >= 15 is 0 Å². The third-order valence-corrected chi connectivity index (χ3v) is 7.05. The summed E-state index contributed by atoms with van der Waals surface area (Å²) in [6.45, 7) is 0.269. The molecule has 1 amide bonds. The summed E-state index contributed by atoms with van der Waals surface area (Å²) in [6.07, 6.45) is 10.4. The van der Waals surface area contributed by atoms with Gasteiger partial charge in [-0.1, -0.05) is 81.7 Å². The molecule has 12 N–H and O–H groups in total. The fraction of sp³-hybridized carbons (Fsp3) is 0.571. The number of aliphatic carboxylic acids is 7. The molecule has 2 fully saturated rings. The van der Waals surface area contributed by atoms with Gasteiger partial charge in [-0.2, -0.15) is 24.2 Å². The van der Waals surface area contributed by atoms with E-state index in [1.165, 1.54) is 31.2 Å². The summed E-state index contributed by atoms with van der Waals surface area (Å²) < 4.78 is 0. The Bertz CT molecular complexity index is 1190. The second kappa shape index (κ2) is 41.8. The van der Waals surface area contributed by atoms with Crippen LogP contribution in [0.1, 0.15) is 95.5 Å². The Morgan fingerprint density at radius 2 is 0.842 bits per heavy atom. The van der Waals surface area contributed by atoms with E-state index in [9.17, 15) is 19.2 Å². The molecule has 1 aromatic rings. The van der Waals surface area contributed by atoms with Crippen molar-refractivity contribution < 1.29 is 116 Å². The molecular formula is C35H56N5O15Pt2-3. The van der Waals surface area contributed by atoms with Gasteiger partial charge >= 0.3 is 62.9 Å². The molecule has 0 bridgehead atoms. The molecule has 2 aliphatic carbocycles. The smallest absolute Gasteiger partial charge is 0.676 e. The standard InChI is InChI=1S/C10H12O2.C8H13NO5.2C6H12N2.2C2H2O4.CH3.2Pt/c11-10(12)8-4-7-9-5-2-1-3-6-9;10-6(3-4-8(13)14)9-5-1-2-7(11)12;2*7-5-3-1-2-4-6(5)8;2*3-1(4)2(5)6;;;/h1-3,5-6H,4,7-8H2,(H,11,12);1-5H2,(H,9,10)(H,11,12)(H,13,14);2*5-8H,1-4H2;2*(H,3,4)(H,5,6);1H3;;/q;;2*-2;;;-1;;+2. The number of carboxylic acid groups (broad SMARTS) is 7. The zero-order valence-electron chi connectivity index (χ0n) is 31.5. The number of amides is 1. The van der Waals surface area contributed by atoms with E-state index in [-0.39, 0.29) is 112 Å². The summed E-state index contributed by atoms with van der Waals surface area (Å²) in [7, 11) is 0. The molecule has 0 saturated heterocycles. The monoisotopic (exact) mass is 1180 g/mol. The second-order valence-corrected chi connectivity index (χ2v) is 11.7. The molecule has 0 aromatic heterocycles. The molecule has 20 nitrogen and oxygen atoms in total. The fourth-order valence-corrected chi connectivity index (χ4v) is 4.13. The molecule has 57 heavy (non-hydrogen) atoms. The van der Waals surface area contributed by atoms with Crippen molar-refractivity contribution in [2.24, 2.45) is 0 Å². The van der Waals surface area contributed by atoms with Gasteiger partial charge in [0.2, 0.25) is 5.91 Å². The number of carbonyl (C=O) groups excluding carboxylic acids is 1. The summed E-state index contributed by atoms with van der Waals surface area (Å²) in [5.74, 6) is -10.3. The van der Waals surface area contributed by atoms with Crippen LogP contribution in [0.5, 0.6) is 0 Å². The Morgan fingerprint density at radius 1 is 0.526 bits per heavy atom. The number of hydrogen-bond donors (Lipinski definition) is 8. The second-order valence-electron chi connectivity index (χ2n) is 11.7. The molecule has 3 rings (SSSR count). The van der Waals surface area contributed by atoms with Crippen molar-refractivity contribution in [2.45, 2.75) is 120 Å². The van der Waals surface area contributed by atoms with Gasteiger partial charge in [-0.3, -0.25) is 19.2 Å². The van der Waals surface area contributed by atoms with Crippen LogP contribution < -0.4 is 5.32 Å². The van der Waals surface area contributed by atoms with Crippen LogP contribution in [-0.2, 0) is 86.9 Å². The van der Waals surface area contributed by atoms with Crippen molar-refractivity contribution >= 4 is 47.7 Å². The van der Waals surface area contributed by atoms with Gasteiger partial charge in [0.05, 0.1) is 6.42 Å². The first-order valence-electron chi connectivity index (χ1n) is 16.9. The van der Waals surface area contributed by atoms with Gasteiger partial charge in [0, 0.05) is 46.9 Å². The van der Waals surface area contributed by atoms with Crippen molar-refractivity contribution in [1.29, 1.82) is 0 Å². The number of benzene rings is 1. The van der Waals surface area contributed by atoms with Gasteiger partial charge < -0.3 is 71.4 Å². The predicted octanol–water partition coefficient (Wildman–Crippen LogP) is 5.49. The van der Waals surface area contributed by atoms with Crippen LogP contribution in [0.4, 0.5) is 0 Å². The van der Waals surface area contributed by atoms with Gasteiger partial charge in [0.15, 0.2) is 0 Å². The largest absolute Gasteiger partial charge is 2.00 e. The van der Waals surface area contributed by atoms with E-state index in [4.69, 9.17) is 77.9 Å². The summed E-state index contributed by atoms with van der Waals surface area (Å²) >= 11 is 0. The molecule has 4 unspecified atom stereocenters. The summed E-state index contributed by atoms with van der Waals surface area (Å²) in [4.78, 5) is 77.6. The van der Waals surface area contributed by atoms with Gasteiger partial charge in [-0.05, 0) is 24.8 Å². The van der Waals surface area contributed by atoms with Gasteiger partial charge in [-0.25, -0.2) is 19.2 Å². The Hall–Kier alpha value is -3.80. The molecule has 0 spiro atoms. The first kappa shape index (κ1) is 65.1.